The van der Waals surface area contributed by atoms with Crippen molar-refractivity contribution in [1.29, 1.82) is 0 Å². The maximum atomic E-state index is 5.88. The number of rotatable bonds is 7. The van der Waals surface area contributed by atoms with Crippen molar-refractivity contribution in [3.8, 4) is 0 Å². The van der Waals surface area contributed by atoms with Crippen LogP contribution in [0.1, 0.15) is 17.0 Å². The van der Waals surface area contributed by atoms with Crippen molar-refractivity contribution < 1.29 is 4.74 Å². The summed E-state index contributed by atoms with van der Waals surface area (Å²) >= 11 is 3.62. The molecule has 0 saturated carbocycles. The van der Waals surface area contributed by atoms with Gasteiger partial charge in [0.15, 0.2) is 0 Å². The van der Waals surface area contributed by atoms with Gasteiger partial charge in [-0.2, -0.15) is 0 Å². The van der Waals surface area contributed by atoms with Gasteiger partial charge in [-0.3, -0.25) is 0 Å². The van der Waals surface area contributed by atoms with E-state index in [1.807, 2.05) is 31.3 Å². The van der Waals surface area contributed by atoms with Gasteiger partial charge in [0, 0.05) is 16.9 Å². The molecule has 106 valence electrons. The van der Waals surface area contributed by atoms with E-state index >= 15 is 0 Å². The van der Waals surface area contributed by atoms with Gasteiger partial charge in [-0.15, -0.1) is 0 Å². The summed E-state index contributed by atoms with van der Waals surface area (Å²) < 4.78 is 7.03. The lowest BCUT2D eigenvalue weighted by Gasteiger charge is -2.18. The maximum Gasteiger partial charge on any atom is 0.0717 e. The Morgan fingerprint density at radius 3 is 2.45 bits per heavy atom. The molecular formula is C17H20BrNO. The number of hydrogen-bond acceptors (Lipinski definition) is 2. The molecule has 0 saturated heterocycles. The zero-order valence-electron chi connectivity index (χ0n) is 11.7. The topological polar surface area (TPSA) is 21.3 Å². The van der Waals surface area contributed by atoms with Crippen LogP contribution in [0.15, 0.2) is 59.1 Å². The first-order chi connectivity index (χ1) is 9.81. The van der Waals surface area contributed by atoms with Crippen molar-refractivity contribution in [3.63, 3.8) is 0 Å². The van der Waals surface area contributed by atoms with E-state index in [1.54, 1.807) is 0 Å². The molecule has 0 amide bonds. The Labute approximate surface area is 129 Å². The number of benzene rings is 2. The molecule has 2 nitrogen and oxygen atoms in total. The van der Waals surface area contributed by atoms with Crippen molar-refractivity contribution in [3.05, 3.63) is 70.2 Å². The van der Waals surface area contributed by atoms with Crippen LogP contribution in [-0.2, 0) is 11.3 Å². The minimum atomic E-state index is 0.347. The lowest BCUT2D eigenvalue weighted by atomic mass is 10.00. The number of hydrogen-bond donors (Lipinski definition) is 1. The average molecular weight is 334 g/mol. The van der Waals surface area contributed by atoms with E-state index in [0.717, 1.165) is 11.0 Å². The summed E-state index contributed by atoms with van der Waals surface area (Å²) in [5.74, 6) is 0.347. The number of ether oxygens (including phenoxy) is 1. The summed E-state index contributed by atoms with van der Waals surface area (Å²) in [6, 6.07) is 18.6. The molecule has 20 heavy (non-hydrogen) atoms. The van der Waals surface area contributed by atoms with E-state index in [-0.39, 0.29) is 0 Å². The zero-order valence-corrected chi connectivity index (χ0v) is 13.3. The minimum absolute atomic E-state index is 0.347. The van der Waals surface area contributed by atoms with E-state index in [0.29, 0.717) is 19.1 Å². The average Bonchev–Trinajstić information content (AvgIpc) is 2.48. The fraction of sp³-hybridized carbons (Fsp3) is 0.294. The van der Waals surface area contributed by atoms with Crippen molar-refractivity contribution in [2.75, 3.05) is 20.2 Å². The monoisotopic (exact) mass is 333 g/mol. The molecule has 0 aromatic heterocycles. The van der Waals surface area contributed by atoms with Gasteiger partial charge < -0.3 is 10.1 Å². The highest BCUT2D eigenvalue weighted by Gasteiger charge is 2.13. The third-order valence-electron chi connectivity index (χ3n) is 3.23. The molecule has 1 N–H and O–H groups in total. The largest absolute Gasteiger partial charge is 0.376 e. The summed E-state index contributed by atoms with van der Waals surface area (Å²) in [7, 11) is 1.97. The highest BCUT2D eigenvalue weighted by molar-refractivity contribution is 9.10. The summed E-state index contributed by atoms with van der Waals surface area (Å²) in [4.78, 5) is 0. The van der Waals surface area contributed by atoms with E-state index in [1.165, 1.54) is 11.1 Å². The molecule has 0 spiro atoms. The maximum absolute atomic E-state index is 5.88. The molecule has 0 radical (unpaired) electrons. The highest BCUT2D eigenvalue weighted by atomic mass is 79.9. The molecule has 1 unspecified atom stereocenters. The van der Waals surface area contributed by atoms with E-state index in [9.17, 15) is 0 Å². The molecule has 2 aromatic rings. The van der Waals surface area contributed by atoms with Gasteiger partial charge in [0.05, 0.1) is 13.2 Å². The van der Waals surface area contributed by atoms with Gasteiger partial charge >= 0.3 is 0 Å². The molecule has 1 atom stereocenters. The number of nitrogens with one attached hydrogen (secondary N) is 1. The van der Waals surface area contributed by atoms with Gasteiger partial charge in [-0.05, 0) is 24.2 Å². The van der Waals surface area contributed by atoms with Crippen molar-refractivity contribution in [1.82, 2.24) is 5.32 Å². The van der Waals surface area contributed by atoms with Crippen molar-refractivity contribution in [2.45, 2.75) is 12.5 Å². The first kappa shape index (κ1) is 15.2. The SMILES string of the molecule is CNCC(COCc1ccccc1)c1ccccc1Br. The quantitative estimate of drug-likeness (QED) is 0.827. The Morgan fingerprint density at radius 2 is 1.75 bits per heavy atom. The molecular weight excluding hydrogens is 314 g/mol. The van der Waals surface area contributed by atoms with Gasteiger partial charge in [0.2, 0.25) is 0 Å². The fourth-order valence-corrected chi connectivity index (χ4v) is 2.81. The van der Waals surface area contributed by atoms with Crippen LogP contribution >= 0.6 is 15.9 Å². The summed E-state index contributed by atoms with van der Waals surface area (Å²) in [6.45, 7) is 2.27. The fourth-order valence-electron chi connectivity index (χ4n) is 2.20. The third kappa shape index (κ3) is 4.44. The summed E-state index contributed by atoms with van der Waals surface area (Å²) in [6.07, 6.45) is 0. The Bertz CT molecular complexity index is 515. The molecule has 0 aliphatic rings. The number of halogens is 1. The minimum Gasteiger partial charge on any atom is -0.376 e. The van der Waals surface area contributed by atoms with Crippen molar-refractivity contribution >= 4 is 15.9 Å². The molecule has 2 rings (SSSR count). The predicted molar refractivity (Wildman–Crippen MR) is 86.9 cm³/mol. The van der Waals surface area contributed by atoms with Gasteiger partial charge in [-0.25, -0.2) is 0 Å². The molecule has 0 aliphatic carbocycles. The first-order valence-electron chi connectivity index (χ1n) is 6.82. The van der Waals surface area contributed by atoms with Crippen molar-refractivity contribution in [2.24, 2.45) is 0 Å². The Hall–Kier alpha value is -1.16. The van der Waals surface area contributed by atoms with Crippen LogP contribution < -0.4 is 5.32 Å². The Morgan fingerprint density at radius 1 is 1.05 bits per heavy atom. The van der Waals surface area contributed by atoms with Crippen LogP contribution in [0.5, 0.6) is 0 Å². The van der Waals surface area contributed by atoms with Crippen LogP contribution in [0.2, 0.25) is 0 Å². The van der Waals surface area contributed by atoms with Crippen LogP contribution in [-0.4, -0.2) is 20.2 Å². The predicted octanol–water partition coefficient (Wildman–Crippen LogP) is 3.97. The molecule has 0 aliphatic heterocycles. The Balaban J connectivity index is 1.95. The summed E-state index contributed by atoms with van der Waals surface area (Å²) in [5, 5.41) is 3.24. The second-order valence-corrected chi connectivity index (χ2v) is 5.63. The van der Waals surface area contributed by atoms with E-state index in [4.69, 9.17) is 4.74 Å². The lowest BCUT2D eigenvalue weighted by molar-refractivity contribution is 0.106. The van der Waals surface area contributed by atoms with Gasteiger partial charge in [0.25, 0.3) is 0 Å². The highest BCUT2D eigenvalue weighted by Crippen LogP contribution is 2.25. The summed E-state index contributed by atoms with van der Waals surface area (Å²) in [5.41, 5.74) is 2.50. The standard InChI is InChI=1S/C17H20BrNO/c1-19-11-15(16-9-5-6-10-17(16)18)13-20-12-14-7-3-2-4-8-14/h2-10,15,19H,11-13H2,1H3. The lowest BCUT2D eigenvalue weighted by Crippen LogP contribution is -2.21. The second kappa shape index (κ2) is 8.20. The van der Waals surface area contributed by atoms with Crippen LogP contribution in [0.4, 0.5) is 0 Å². The molecule has 3 heteroatoms. The molecule has 0 heterocycles. The van der Waals surface area contributed by atoms with Gasteiger partial charge in [-0.1, -0.05) is 64.5 Å². The smallest absolute Gasteiger partial charge is 0.0717 e. The van der Waals surface area contributed by atoms with Gasteiger partial charge in [0.1, 0.15) is 0 Å². The second-order valence-electron chi connectivity index (χ2n) is 4.78. The zero-order chi connectivity index (χ0) is 14.2. The first-order valence-corrected chi connectivity index (χ1v) is 7.61. The van der Waals surface area contributed by atoms with E-state index in [2.05, 4.69) is 51.6 Å². The molecule has 2 aromatic carbocycles. The third-order valence-corrected chi connectivity index (χ3v) is 3.95. The van der Waals surface area contributed by atoms with Crippen LogP contribution in [0.3, 0.4) is 0 Å². The normalized spacial score (nSPS) is 12.3. The Kier molecular flexibility index (Phi) is 6.25. The van der Waals surface area contributed by atoms with E-state index < -0.39 is 0 Å². The van der Waals surface area contributed by atoms with Crippen LogP contribution in [0, 0.1) is 0 Å². The van der Waals surface area contributed by atoms with Crippen LogP contribution in [0.25, 0.3) is 0 Å². The number of likely N-dealkylation sites (N-methyl/N-ethyl adjacent to an activating group) is 1. The molecule has 0 fully saturated rings. The molecule has 0 bridgehead atoms.